The normalized spacial score (nSPS) is 23.4. The Labute approximate surface area is 207 Å². The van der Waals surface area contributed by atoms with Gasteiger partial charge in [-0.1, -0.05) is 19.3 Å². The average Bonchev–Trinajstić information content (AvgIpc) is 2.89. The lowest BCUT2D eigenvalue weighted by Crippen LogP contribution is -2.64. The third kappa shape index (κ3) is 5.77. The molecule has 3 fully saturated rings. The molecule has 35 heavy (non-hydrogen) atoms. The molecule has 0 unspecified atom stereocenters. The van der Waals surface area contributed by atoms with Crippen LogP contribution < -0.4 is 15.5 Å². The molecule has 0 radical (unpaired) electrons. The zero-order chi connectivity index (χ0) is 24.9. The summed E-state index contributed by atoms with van der Waals surface area (Å²) in [5.74, 6) is -0.745. The van der Waals surface area contributed by atoms with Gasteiger partial charge in [-0.15, -0.1) is 0 Å². The number of piperazine rings is 1. The average molecular weight is 484 g/mol. The van der Waals surface area contributed by atoms with Crippen molar-refractivity contribution in [1.82, 2.24) is 20.4 Å². The molecule has 1 aliphatic carbocycles. The van der Waals surface area contributed by atoms with E-state index in [4.69, 9.17) is 0 Å². The maximum atomic E-state index is 13.5. The standard InChI is InChI=1S/C26H37N5O4/c1-29(2)20-12-10-19(11-13-20)26(35)31-16-15-30(25(34)18-7-4-3-5-8-18)17-22(31)24(33)28-21-9-6-14-27-23(21)32/h10-13,18,21-22H,3-9,14-17H2,1-2H3,(H,27,32)(H,28,33)/t21-,22+/m0/s1. The number of carbonyl (C=O) groups is 4. The minimum Gasteiger partial charge on any atom is -0.378 e. The van der Waals surface area contributed by atoms with E-state index >= 15 is 0 Å². The second-order valence-electron chi connectivity index (χ2n) is 10.1. The van der Waals surface area contributed by atoms with E-state index < -0.39 is 12.1 Å². The highest BCUT2D eigenvalue weighted by atomic mass is 16.2. The summed E-state index contributed by atoms with van der Waals surface area (Å²) in [7, 11) is 3.86. The van der Waals surface area contributed by atoms with Crippen LogP contribution in [0.15, 0.2) is 24.3 Å². The minimum atomic E-state index is -0.841. The van der Waals surface area contributed by atoms with Crippen molar-refractivity contribution >= 4 is 29.3 Å². The molecule has 4 amide bonds. The molecule has 2 N–H and O–H groups in total. The Morgan fingerprint density at radius 1 is 0.971 bits per heavy atom. The van der Waals surface area contributed by atoms with Gasteiger partial charge in [-0.05, 0) is 49.9 Å². The Morgan fingerprint density at radius 3 is 2.34 bits per heavy atom. The van der Waals surface area contributed by atoms with Gasteiger partial charge in [0.15, 0.2) is 0 Å². The topological polar surface area (TPSA) is 102 Å². The number of amides is 4. The van der Waals surface area contributed by atoms with Crippen LogP contribution in [0.3, 0.4) is 0 Å². The van der Waals surface area contributed by atoms with Gasteiger partial charge in [0.25, 0.3) is 5.91 Å². The second kappa shape index (κ2) is 11.1. The molecule has 0 aromatic heterocycles. The van der Waals surface area contributed by atoms with E-state index in [2.05, 4.69) is 10.6 Å². The minimum absolute atomic E-state index is 0.00240. The lowest BCUT2D eigenvalue weighted by molar-refractivity contribution is -0.142. The Morgan fingerprint density at radius 2 is 1.69 bits per heavy atom. The molecular weight excluding hydrogens is 446 g/mol. The van der Waals surface area contributed by atoms with Gasteiger partial charge in [0.1, 0.15) is 12.1 Å². The summed E-state index contributed by atoms with van der Waals surface area (Å²) in [6.45, 7) is 1.44. The predicted octanol–water partition coefficient (Wildman–Crippen LogP) is 1.38. The largest absolute Gasteiger partial charge is 0.378 e. The second-order valence-corrected chi connectivity index (χ2v) is 10.1. The molecular formula is C26H37N5O4. The summed E-state index contributed by atoms with van der Waals surface area (Å²) >= 11 is 0. The molecule has 1 aromatic carbocycles. The monoisotopic (exact) mass is 483 g/mol. The lowest BCUT2D eigenvalue weighted by Gasteiger charge is -2.42. The van der Waals surface area contributed by atoms with Crippen LogP contribution in [0, 0.1) is 5.92 Å². The fourth-order valence-electron chi connectivity index (χ4n) is 5.30. The first-order chi connectivity index (χ1) is 16.8. The first kappa shape index (κ1) is 25.0. The van der Waals surface area contributed by atoms with Crippen LogP contribution in [0.4, 0.5) is 5.69 Å². The van der Waals surface area contributed by atoms with E-state index in [9.17, 15) is 19.2 Å². The van der Waals surface area contributed by atoms with E-state index in [-0.39, 0.29) is 42.6 Å². The van der Waals surface area contributed by atoms with Gasteiger partial charge in [-0.2, -0.15) is 0 Å². The number of nitrogens with one attached hydrogen (secondary N) is 2. The Balaban J connectivity index is 1.52. The molecule has 2 aliphatic heterocycles. The van der Waals surface area contributed by atoms with Crippen LogP contribution in [-0.4, -0.2) is 85.8 Å². The molecule has 0 spiro atoms. The molecule has 2 atom stereocenters. The van der Waals surface area contributed by atoms with Crippen LogP contribution in [0.5, 0.6) is 0 Å². The number of nitrogens with zero attached hydrogens (tertiary/aromatic N) is 3. The van der Waals surface area contributed by atoms with Gasteiger partial charge >= 0.3 is 0 Å². The Hall–Kier alpha value is -3.10. The predicted molar refractivity (Wildman–Crippen MR) is 133 cm³/mol. The quantitative estimate of drug-likeness (QED) is 0.659. The maximum Gasteiger partial charge on any atom is 0.254 e. The molecule has 190 valence electrons. The van der Waals surface area contributed by atoms with Gasteiger partial charge in [0, 0.05) is 50.9 Å². The summed E-state index contributed by atoms with van der Waals surface area (Å²) < 4.78 is 0. The van der Waals surface area contributed by atoms with Crippen molar-refractivity contribution in [3.8, 4) is 0 Å². The molecule has 1 aromatic rings. The first-order valence-electron chi connectivity index (χ1n) is 12.8. The summed E-state index contributed by atoms with van der Waals surface area (Å²) in [4.78, 5) is 57.6. The third-order valence-electron chi connectivity index (χ3n) is 7.44. The first-order valence-corrected chi connectivity index (χ1v) is 12.8. The Bertz CT molecular complexity index is 942. The molecule has 4 rings (SSSR count). The number of anilines is 1. The van der Waals surface area contributed by atoms with Crippen LogP contribution in [0.2, 0.25) is 0 Å². The van der Waals surface area contributed by atoms with E-state index in [1.807, 2.05) is 31.1 Å². The number of hydrogen-bond acceptors (Lipinski definition) is 5. The molecule has 0 bridgehead atoms. The van der Waals surface area contributed by atoms with E-state index in [0.717, 1.165) is 44.2 Å². The van der Waals surface area contributed by atoms with Crippen LogP contribution >= 0.6 is 0 Å². The van der Waals surface area contributed by atoms with Crippen LogP contribution in [0.1, 0.15) is 55.3 Å². The molecule has 9 nitrogen and oxygen atoms in total. The molecule has 1 saturated carbocycles. The molecule has 9 heteroatoms. The fourth-order valence-corrected chi connectivity index (χ4v) is 5.30. The van der Waals surface area contributed by atoms with Gasteiger partial charge < -0.3 is 25.3 Å². The zero-order valence-corrected chi connectivity index (χ0v) is 20.8. The lowest BCUT2D eigenvalue weighted by atomic mass is 9.88. The summed E-state index contributed by atoms with van der Waals surface area (Å²) in [6, 6.07) is 5.82. The Kier molecular flexibility index (Phi) is 7.93. The van der Waals surface area contributed by atoms with Gasteiger partial charge in [-0.3, -0.25) is 19.2 Å². The zero-order valence-electron chi connectivity index (χ0n) is 20.8. The third-order valence-corrected chi connectivity index (χ3v) is 7.44. The van der Waals surface area contributed by atoms with Crippen LogP contribution in [0.25, 0.3) is 0 Å². The van der Waals surface area contributed by atoms with Gasteiger partial charge in [-0.25, -0.2) is 0 Å². The van der Waals surface area contributed by atoms with Crippen molar-refractivity contribution in [2.24, 2.45) is 5.92 Å². The highest BCUT2D eigenvalue weighted by Crippen LogP contribution is 2.27. The van der Waals surface area contributed by atoms with Crippen molar-refractivity contribution in [2.75, 3.05) is 45.2 Å². The van der Waals surface area contributed by atoms with Crippen molar-refractivity contribution in [3.63, 3.8) is 0 Å². The summed E-state index contributed by atoms with van der Waals surface area (Å²) in [5, 5.41) is 5.63. The smallest absolute Gasteiger partial charge is 0.254 e. The molecule has 2 saturated heterocycles. The molecule has 3 aliphatic rings. The maximum absolute atomic E-state index is 13.5. The fraction of sp³-hybridized carbons (Fsp3) is 0.615. The van der Waals surface area contributed by atoms with E-state index in [0.29, 0.717) is 25.1 Å². The number of benzene rings is 1. The molecule has 2 heterocycles. The van der Waals surface area contributed by atoms with Gasteiger partial charge in [0.05, 0.1) is 6.54 Å². The van der Waals surface area contributed by atoms with Crippen molar-refractivity contribution in [2.45, 2.75) is 57.0 Å². The van der Waals surface area contributed by atoms with Crippen molar-refractivity contribution in [3.05, 3.63) is 29.8 Å². The highest BCUT2D eigenvalue weighted by molar-refractivity contribution is 5.99. The van der Waals surface area contributed by atoms with Crippen molar-refractivity contribution < 1.29 is 19.2 Å². The summed E-state index contributed by atoms with van der Waals surface area (Å²) in [6.07, 6.45) is 6.39. The SMILES string of the molecule is CN(C)c1ccc(C(=O)N2CCN(C(=O)C3CCCCC3)C[C@@H]2C(=O)N[C@H]2CCCNC2=O)cc1. The number of hydrogen-bond donors (Lipinski definition) is 2. The van der Waals surface area contributed by atoms with E-state index in [1.54, 1.807) is 21.9 Å². The summed E-state index contributed by atoms with van der Waals surface area (Å²) in [5.41, 5.74) is 1.47. The van der Waals surface area contributed by atoms with Crippen LogP contribution in [-0.2, 0) is 14.4 Å². The van der Waals surface area contributed by atoms with E-state index in [1.165, 1.54) is 0 Å². The number of piperidine rings is 1. The number of rotatable bonds is 5. The van der Waals surface area contributed by atoms with Gasteiger partial charge in [0.2, 0.25) is 17.7 Å². The van der Waals surface area contributed by atoms with Crippen molar-refractivity contribution in [1.29, 1.82) is 0 Å². The number of carbonyl (C=O) groups excluding carboxylic acids is 4. The highest BCUT2D eigenvalue weighted by Gasteiger charge is 2.40.